The van der Waals surface area contributed by atoms with Gasteiger partial charge in [0, 0.05) is 19.3 Å². The summed E-state index contributed by atoms with van der Waals surface area (Å²) in [5.41, 5.74) is 0.988. The fraction of sp³-hybridized carbons (Fsp3) is 0.750. The van der Waals surface area contributed by atoms with E-state index in [0.717, 1.165) is 25.1 Å². The van der Waals surface area contributed by atoms with Crippen LogP contribution in [0.15, 0.2) is 12.5 Å². The van der Waals surface area contributed by atoms with Gasteiger partial charge in [-0.05, 0) is 26.9 Å². The number of imidazole rings is 1. The van der Waals surface area contributed by atoms with Gasteiger partial charge >= 0.3 is 0 Å². The Balaban J connectivity index is 1.87. The van der Waals surface area contributed by atoms with Crippen molar-refractivity contribution in [3.63, 3.8) is 0 Å². The number of nitrogens with zero attached hydrogens (tertiary/aromatic N) is 4. The normalized spacial score (nSPS) is 24.7. The Bertz CT molecular complexity index is 562. The first-order valence-electron chi connectivity index (χ1n) is 6.63. The van der Waals surface area contributed by atoms with E-state index in [1.165, 1.54) is 0 Å². The molecule has 0 bridgehead atoms. The average Bonchev–Trinajstić information content (AvgIpc) is 3.08. The average molecular weight is 284 g/mol. The van der Waals surface area contributed by atoms with Crippen molar-refractivity contribution < 1.29 is 8.42 Å². The number of sulfonamides is 1. The molecule has 1 aromatic heterocycles. The highest BCUT2D eigenvalue weighted by atomic mass is 32.2. The summed E-state index contributed by atoms with van der Waals surface area (Å²) in [5, 5.41) is -0.137. The summed E-state index contributed by atoms with van der Waals surface area (Å²) in [7, 11) is 0.905. The minimum absolute atomic E-state index is 0.137. The van der Waals surface area contributed by atoms with E-state index in [9.17, 15) is 8.42 Å². The smallest absolute Gasteiger partial charge is 0.217 e. The van der Waals surface area contributed by atoms with Crippen LogP contribution in [0.4, 0.5) is 0 Å². The molecule has 2 heterocycles. The third-order valence-electron chi connectivity index (χ3n) is 3.77. The highest BCUT2D eigenvalue weighted by Gasteiger charge is 2.42. The van der Waals surface area contributed by atoms with Gasteiger partial charge in [-0.25, -0.2) is 13.4 Å². The molecule has 0 spiro atoms. The van der Waals surface area contributed by atoms with Crippen LogP contribution in [0, 0.1) is 0 Å². The largest absolute Gasteiger partial charge is 0.328 e. The van der Waals surface area contributed by atoms with Crippen LogP contribution in [0.25, 0.3) is 0 Å². The third-order valence-corrected chi connectivity index (χ3v) is 6.09. The van der Waals surface area contributed by atoms with Crippen LogP contribution in [-0.2, 0) is 16.6 Å². The van der Waals surface area contributed by atoms with Crippen LogP contribution in [-0.4, -0.2) is 59.6 Å². The Morgan fingerprint density at radius 2 is 2.16 bits per heavy atom. The molecule has 0 aromatic carbocycles. The number of fused-ring (bicyclic) bond motifs is 1. The van der Waals surface area contributed by atoms with Crippen molar-refractivity contribution in [3.8, 4) is 0 Å². The molecule has 0 unspecified atom stereocenters. The lowest BCUT2D eigenvalue weighted by molar-refractivity contribution is 0.233. The van der Waals surface area contributed by atoms with Crippen molar-refractivity contribution in [3.05, 3.63) is 18.2 Å². The highest BCUT2D eigenvalue weighted by Crippen LogP contribution is 2.34. The van der Waals surface area contributed by atoms with Crippen molar-refractivity contribution >= 4 is 10.0 Å². The van der Waals surface area contributed by atoms with Crippen molar-refractivity contribution in [1.29, 1.82) is 0 Å². The molecule has 1 aliphatic heterocycles. The maximum atomic E-state index is 12.4. The first-order valence-corrected chi connectivity index (χ1v) is 8.13. The maximum absolute atomic E-state index is 12.4. The summed E-state index contributed by atoms with van der Waals surface area (Å²) in [6, 6.07) is 0.148. The third kappa shape index (κ3) is 2.42. The molecule has 1 atom stereocenters. The monoisotopic (exact) mass is 284 g/mol. The lowest BCUT2D eigenvalue weighted by Gasteiger charge is -2.35. The molecule has 0 N–H and O–H groups in total. The van der Waals surface area contributed by atoms with Crippen molar-refractivity contribution in [1.82, 2.24) is 18.8 Å². The Morgan fingerprint density at radius 1 is 1.42 bits per heavy atom. The standard InChI is InChI=1S/C12H20N4O2S/c1-14(2)6-11-8-15(19(17,18)12-3-4-12)7-10-5-13-9-16(10)11/h5,9,11-12H,3-4,6-8H2,1-2H3/t11-/m0/s1. The van der Waals surface area contributed by atoms with Gasteiger partial charge in [-0.15, -0.1) is 0 Å². The molecule has 3 rings (SSSR count). The lowest BCUT2D eigenvalue weighted by Crippen LogP contribution is -2.44. The predicted molar refractivity (Wildman–Crippen MR) is 72.2 cm³/mol. The van der Waals surface area contributed by atoms with Gasteiger partial charge in [-0.3, -0.25) is 0 Å². The second-order valence-electron chi connectivity index (χ2n) is 5.75. The first kappa shape index (κ1) is 13.1. The fourth-order valence-corrected chi connectivity index (χ4v) is 4.53. The van der Waals surface area contributed by atoms with E-state index in [-0.39, 0.29) is 11.3 Å². The van der Waals surface area contributed by atoms with Crippen LogP contribution < -0.4 is 0 Å². The van der Waals surface area contributed by atoms with E-state index in [1.807, 2.05) is 20.4 Å². The zero-order valence-corrected chi connectivity index (χ0v) is 12.2. The van der Waals surface area contributed by atoms with E-state index in [2.05, 4.69) is 14.5 Å². The van der Waals surface area contributed by atoms with Crippen molar-refractivity contribution in [2.75, 3.05) is 27.2 Å². The molecule has 2 aliphatic rings. The molecule has 0 saturated heterocycles. The van der Waals surface area contributed by atoms with Gasteiger partial charge in [0.05, 0.1) is 29.9 Å². The quantitative estimate of drug-likeness (QED) is 0.797. The first-order chi connectivity index (χ1) is 8.98. The van der Waals surface area contributed by atoms with Gasteiger partial charge in [0.25, 0.3) is 0 Å². The fourth-order valence-electron chi connectivity index (χ4n) is 2.69. The van der Waals surface area contributed by atoms with E-state index >= 15 is 0 Å². The van der Waals surface area contributed by atoms with Gasteiger partial charge in [-0.2, -0.15) is 4.31 Å². The summed E-state index contributed by atoms with van der Waals surface area (Å²) in [4.78, 5) is 6.25. The second kappa shape index (κ2) is 4.57. The number of likely N-dealkylation sites (N-methyl/N-ethyl adjacent to an activating group) is 1. The maximum Gasteiger partial charge on any atom is 0.217 e. The van der Waals surface area contributed by atoms with Crippen LogP contribution in [0.2, 0.25) is 0 Å². The molecule has 106 valence electrons. The predicted octanol–water partition coefficient (Wildman–Crippen LogP) is 0.294. The SMILES string of the molecule is CN(C)C[C@H]1CN(S(=O)(=O)C2CC2)Cc2cncn21. The molecule has 6 nitrogen and oxygen atoms in total. The van der Waals surface area contributed by atoms with Crippen molar-refractivity contribution in [2.45, 2.75) is 30.7 Å². The summed E-state index contributed by atoms with van der Waals surface area (Å²) in [6.45, 7) is 1.84. The van der Waals surface area contributed by atoms with Gasteiger partial charge in [-0.1, -0.05) is 0 Å². The van der Waals surface area contributed by atoms with Gasteiger partial charge < -0.3 is 9.47 Å². The number of hydrogen-bond acceptors (Lipinski definition) is 4. The van der Waals surface area contributed by atoms with Gasteiger partial charge in [0.15, 0.2) is 0 Å². The van der Waals surface area contributed by atoms with E-state index in [4.69, 9.17) is 0 Å². The minimum atomic E-state index is -3.10. The molecule has 1 aromatic rings. The topological polar surface area (TPSA) is 58.4 Å². The molecule has 0 amide bonds. The molecular weight excluding hydrogens is 264 g/mol. The molecule has 0 radical (unpaired) electrons. The molecule has 19 heavy (non-hydrogen) atoms. The Kier molecular flexibility index (Phi) is 3.15. The van der Waals surface area contributed by atoms with Crippen LogP contribution in [0.5, 0.6) is 0 Å². The zero-order chi connectivity index (χ0) is 13.6. The Hall–Kier alpha value is -0.920. The number of aromatic nitrogens is 2. The molecular formula is C12H20N4O2S. The van der Waals surface area contributed by atoms with E-state index < -0.39 is 10.0 Å². The second-order valence-corrected chi connectivity index (χ2v) is 7.96. The molecule has 7 heteroatoms. The minimum Gasteiger partial charge on any atom is -0.328 e. The number of rotatable bonds is 4. The Labute approximate surface area is 114 Å². The summed E-state index contributed by atoms with van der Waals surface area (Å²) in [6.07, 6.45) is 5.22. The molecule has 1 fully saturated rings. The summed E-state index contributed by atoms with van der Waals surface area (Å²) >= 11 is 0. The lowest BCUT2D eigenvalue weighted by atomic mass is 10.2. The van der Waals surface area contributed by atoms with Crippen LogP contribution in [0.3, 0.4) is 0 Å². The Morgan fingerprint density at radius 3 is 2.79 bits per heavy atom. The van der Waals surface area contributed by atoms with Crippen LogP contribution in [0.1, 0.15) is 24.6 Å². The molecule has 1 aliphatic carbocycles. The summed E-state index contributed by atoms with van der Waals surface area (Å²) < 4.78 is 28.5. The van der Waals surface area contributed by atoms with Crippen LogP contribution >= 0.6 is 0 Å². The van der Waals surface area contributed by atoms with Gasteiger partial charge in [0.1, 0.15) is 0 Å². The number of hydrogen-bond donors (Lipinski definition) is 0. The zero-order valence-electron chi connectivity index (χ0n) is 11.4. The van der Waals surface area contributed by atoms with Gasteiger partial charge in [0.2, 0.25) is 10.0 Å². The van der Waals surface area contributed by atoms with Crippen molar-refractivity contribution in [2.24, 2.45) is 0 Å². The van der Waals surface area contributed by atoms with E-state index in [1.54, 1.807) is 10.5 Å². The summed E-state index contributed by atoms with van der Waals surface area (Å²) in [5.74, 6) is 0. The molecule has 1 saturated carbocycles. The highest BCUT2D eigenvalue weighted by molar-refractivity contribution is 7.90. The van der Waals surface area contributed by atoms with E-state index in [0.29, 0.717) is 13.1 Å².